The lowest BCUT2D eigenvalue weighted by Crippen LogP contribution is -2.17. The highest BCUT2D eigenvalue weighted by molar-refractivity contribution is 7.18. The van der Waals surface area contributed by atoms with Crippen LogP contribution < -0.4 is 5.56 Å². The van der Waals surface area contributed by atoms with Crippen LogP contribution in [0.1, 0.15) is 21.1 Å². The summed E-state index contributed by atoms with van der Waals surface area (Å²) in [4.78, 5) is 27.3. The molecule has 0 aliphatic rings. The lowest BCUT2D eigenvalue weighted by molar-refractivity contribution is 0.0701. The lowest BCUT2D eigenvalue weighted by atomic mass is 10.4. The molecule has 0 saturated carbocycles. The molecular formula is C9H7ClN2O3S. The number of aromatic nitrogens is 2. The number of aryl methyl sites for hydroxylation is 2. The van der Waals surface area contributed by atoms with E-state index in [4.69, 9.17) is 16.7 Å². The molecule has 0 aliphatic carbocycles. The maximum Gasteiger partial charge on any atom is 0.347 e. The summed E-state index contributed by atoms with van der Waals surface area (Å²) in [5.41, 5.74) is 0.335. The number of hydrogen-bond donors (Lipinski definition) is 1. The van der Waals surface area contributed by atoms with Crippen LogP contribution in [0.25, 0.3) is 4.96 Å². The third-order valence-electron chi connectivity index (χ3n) is 2.21. The fourth-order valence-corrected chi connectivity index (χ4v) is 2.54. The van der Waals surface area contributed by atoms with Crippen LogP contribution in [0, 0.1) is 13.8 Å². The zero-order chi connectivity index (χ0) is 12.0. The lowest BCUT2D eigenvalue weighted by Gasteiger charge is -1.98. The van der Waals surface area contributed by atoms with E-state index >= 15 is 0 Å². The van der Waals surface area contributed by atoms with E-state index in [0.717, 1.165) is 11.3 Å². The molecule has 0 spiro atoms. The molecule has 5 nitrogen and oxygen atoms in total. The highest BCUT2D eigenvalue weighted by atomic mass is 35.5. The summed E-state index contributed by atoms with van der Waals surface area (Å²) in [7, 11) is 0. The molecule has 0 fully saturated rings. The van der Waals surface area contributed by atoms with Gasteiger partial charge in [0.2, 0.25) is 0 Å². The SMILES string of the molecule is Cc1nc2sc(C(=O)O)c(C)n2c(=O)c1Cl. The molecule has 0 saturated heterocycles. The van der Waals surface area contributed by atoms with Crippen LogP contribution in [0.4, 0.5) is 0 Å². The normalized spacial score (nSPS) is 10.9. The zero-order valence-electron chi connectivity index (χ0n) is 8.44. The van der Waals surface area contributed by atoms with E-state index in [9.17, 15) is 9.59 Å². The van der Waals surface area contributed by atoms with Crippen LogP contribution in [-0.2, 0) is 0 Å². The van der Waals surface area contributed by atoms with Crippen molar-refractivity contribution in [2.24, 2.45) is 0 Å². The summed E-state index contributed by atoms with van der Waals surface area (Å²) in [5.74, 6) is -1.07. The summed E-state index contributed by atoms with van der Waals surface area (Å²) in [5, 5.41) is 8.95. The van der Waals surface area contributed by atoms with Crippen molar-refractivity contribution in [3.63, 3.8) is 0 Å². The molecule has 0 radical (unpaired) electrons. The summed E-state index contributed by atoms with van der Waals surface area (Å²) < 4.78 is 1.23. The maximum absolute atomic E-state index is 11.8. The van der Waals surface area contributed by atoms with Gasteiger partial charge in [-0.15, -0.1) is 0 Å². The minimum absolute atomic E-state index is 0.0235. The van der Waals surface area contributed by atoms with Crippen molar-refractivity contribution in [1.29, 1.82) is 0 Å². The Hall–Kier alpha value is -1.40. The molecule has 2 aromatic heterocycles. The van der Waals surface area contributed by atoms with Gasteiger partial charge in [0.1, 0.15) is 9.90 Å². The number of fused-ring (bicyclic) bond motifs is 1. The second-order valence-electron chi connectivity index (χ2n) is 3.26. The molecule has 2 rings (SSSR count). The first-order chi connectivity index (χ1) is 7.43. The second-order valence-corrected chi connectivity index (χ2v) is 4.61. The van der Waals surface area contributed by atoms with Crippen molar-refractivity contribution < 1.29 is 9.90 Å². The molecule has 2 aromatic rings. The molecule has 16 heavy (non-hydrogen) atoms. The predicted octanol–water partition coefficient (Wildman–Crippen LogP) is 1.72. The summed E-state index contributed by atoms with van der Waals surface area (Å²) >= 11 is 6.74. The van der Waals surface area contributed by atoms with Crippen LogP contribution in [-0.4, -0.2) is 20.5 Å². The third kappa shape index (κ3) is 1.42. The first kappa shape index (κ1) is 11.1. The van der Waals surface area contributed by atoms with Gasteiger partial charge in [0.25, 0.3) is 5.56 Å². The van der Waals surface area contributed by atoms with Crippen LogP contribution in [0.3, 0.4) is 0 Å². The van der Waals surface area contributed by atoms with Gasteiger partial charge in [0.05, 0.1) is 11.4 Å². The van der Waals surface area contributed by atoms with Gasteiger partial charge in [-0.2, -0.15) is 0 Å². The Kier molecular flexibility index (Phi) is 2.47. The number of carbonyl (C=O) groups is 1. The van der Waals surface area contributed by atoms with E-state index in [-0.39, 0.29) is 9.90 Å². The minimum atomic E-state index is -1.07. The minimum Gasteiger partial charge on any atom is -0.477 e. The number of halogens is 1. The molecule has 0 aliphatic heterocycles. The van der Waals surface area contributed by atoms with Crippen molar-refractivity contribution in [3.05, 3.63) is 31.6 Å². The molecule has 0 bridgehead atoms. The van der Waals surface area contributed by atoms with Crippen molar-refractivity contribution in [1.82, 2.24) is 9.38 Å². The fraction of sp³-hybridized carbons (Fsp3) is 0.222. The van der Waals surface area contributed by atoms with Gasteiger partial charge in [-0.25, -0.2) is 9.78 Å². The highest BCUT2D eigenvalue weighted by Crippen LogP contribution is 2.21. The van der Waals surface area contributed by atoms with E-state index in [0.29, 0.717) is 16.3 Å². The quantitative estimate of drug-likeness (QED) is 0.845. The molecular weight excluding hydrogens is 252 g/mol. The number of rotatable bonds is 1. The number of hydrogen-bond acceptors (Lipinski definition) is 4. The molecule has 1 N–H and O–H groups in total. The smallest absolute Gasteiger partial charge is 0.347 e. The van der Waals surface area contributed by atoms with Crippen molar-refractivity contribution in [3.8, 4) is 0 Å². The van der Waals surface area contributed by atoms with E-state index < -0.39 is 11.5 Å². The molecule has 0 atom stereocenters. The van der Waals surface area contributed by atoms with E-state index in [1.165, 1.54) is 4.40 Å². The summed E-state index contributed by atoms with van der Waals surface area (Å²) in [6, 6.07) is 0. The Bertz CT molecular complexity index is 659. The van der Waals surface area contributed by atoms with Gasteiger partial charge in [-0.3, -0.25) is 9.20 Å². The van der Waals surface area contributed by atoms with Crippen LogP contribution in [0.2, 0.25) is 5.02 Å². The Morgan fingerprint density at radius 1 is 1.50 bits per heavy atom. The molecule has 2 heterocycles. The number of aromatic carboxylic acids is 1. The molecule has 0 aromatic carbocycles. The number of nitrogens with zero attached hydrogens (tertiary/aromatic N) is 2. The standard InChI is InChI=1S/C9H7ClN2O3S/c1-3-5(10)7(13)12-4(2)6(8(14)15)16-9(12)11-3/h1-2H3,(H,14,15). The van der Waals surface area contributed by atoms with Gasteiger partial charge >= 0.3 is 5.97 Å². The van der Waals surface area contributed by atoms with Gasteiger partial charge < -0.3 is 5.11 Å². The maximum atomic E-state index is 11.8. The van der Waals surface area contributed by atoms with Crippen molar-refractivity contribution >= 4 is 33.9 Å². The van der Waals surface area contributed by atoms with E-state index in [2.05, 4.69) is 4.98 Å². The van der Waals surface area contributed by atoms with E-state index in [1.807, 2.05) is 0 Å². The fourth-order valence-electron chi connectivity index (χ4n) is 1.41. The van der Waals surface area contributed by atoms with Crippen LogP contribution in [0.15, 0.2) is 4.79 Å². The Morgan fingerprint density at radius 3 is 2.69 bits per heavy atom. The van der Waals surface area contributed by atoms with Crippen molar-refractivity contribution in [2.45, 2.75) is 13.8 Å². The predicted molar refractivity (Wildman–Crippen MR) is 60.8 cm³/mol. The molecule has 84 valence electrons. The third-order valence-corrected chi connectivity index (χ3v) is 3.78. The van der Waals surface area contributed by atoms with Crippen molar-refractivity contribution in [2.75, 3.05) is 0 Å². The first-order valence-electron chi connectivity index (χ1n) is 4.35. The monoisotopic (exact) mass is 258 g/mol. The number of carboxylic acid groups (broad SMARTS) is 1. The summed E-state index contributed by atoms with van der Waals surface area (Å²) in [6.07, 6.45) is 0. The van der Waals surface area contributed by atoms with E-state index in [1.54, 1.807) is 13.8 Å². The highest BCUT2D eigenvalue weighted by Gasteiger charge is 2.18. The van der Waals surface area contributed by atoms with Gasteiger partial charge in [0, 0.05) is 0 Å². The molecule has 0 unspecified atom stereocenters. The van der Waals surface area contributed by atoms with Gasteiger partial charge in [0.15, 0.2) is 4.96 Å². The number of carboxylic acids is 1. The first-order valence-corrected chi connectivity index (χ1v) is 5.54. The largest absolute Gasteiger partial charge is 0.477 e. The second kappa shape index (κ2) is 3.57. The van der Waals surface area contributed by atoms with Crippen LogP contribution >= 0.6 is 22.9 Å². The topological polar surface area (TPSA) is 71.7 Å². The Labute approximate surface area is 98.9 Å². The van der Waals surface area contributed by atoms with Gasteiger partial charge in [-0.1, -0.05) is 22.9 Å². The number of thiazole rings is 1. The zero-order valence-corrected chi connectivity index (χ0v) is 10.0. The summed E-state index contributed by atoms with van der Waals surface area (Å²) in [6.45, 7) is 3.17. The Morgan fingerprint density at radius 2 is 2.12 bits per heavy atom. The Balaban J connectivity index is 2.99. The molecule has 0 amide bonds. The van der Waals surface area contributed by atoms with Crippen LogP contribution in [0.5, 0.6) is 0 Å². The average Bonchev–Trinajstić information content (AvgIpc) is 2.52. The average molecular weight is 259 g/mol. The molecule has 7 heteroatoms. The van der Waals surface area contributed by atoms with Gasteiger partial charge in [-0.05, 0) is 13.8 Å².